The smallest absolute Gasteiger partial charge is 0.238 e. The second kappa shape index (κ2) is 14.1. The van der Waals surface area contributed by atoms with Crippen molar-refractivity contribution in [2.24, 2.45) is 0 Å². The molecule has 4 aromatic heterocycles. The molecule has 0 unspecified atom stereocenters. The molecule has 12 rings (SSSR count). The summed E-state index contributed by atoms with van der Waals surface area (Å²) in [5, 5.41) is 14.5. The van der Waals surface area contributed by atoms with E-state index in [1.165, 1.54) is 0 Å². The fourth-order valence-electron chi connectivity index (χ4n) is 8.83. The Morgan fingerprint density at radius 1 is 0.295 bits per heavy atom. The molecule has 0 aliphatic carbocycles. The minimum Gasteiger partial charge on any atom is -0.309 e. The molecule has 0 amide bonds. The fraction of sp³-hybridized carbons (Fsp3) is 0. The van der Waals surface area contributed by atoms with Crippen molar-refractivity contribution < 1.29 is 0 Å². The monoisotopic (exact) mass is 782 g/mol. The predicted molar refractivity (Wildman–Crippen MR) is 245 cm³/mol. The molecule has 0 saturated heterocycles. The van der Waals surface area contributed by atoms with E-state index in [0.29, 0.717) is 17.6 Å². The molecule has 4 heterocycles. The molecule has 8 heteroatoms. The van der Waals surface area contributed by atoms with Gasteiger partial charge in [0.15, 0.2) is 23.3 Å². The van der Waals surface area contributed by atoms with Crippen molar-refractivity contribution in [2.45, 2.75) is 0 Å². The zero-order valence-corrected chi connectivity index (χ0v) is 32.7. The highest BCUT2D eigenvalue weighted by atomic mass is 15.3. The Balaban J connectivity index is 1.13. The molecule has 12 aromatic rings. The number of rotatable bonds is 7. The van der Waals surface area contributed by atoms with Crippen LogP contribution in [0.25, 0.3) is 106 Å². The number of benzene rings is 8. The van der Waals surface area contributed by atoms with Crippen LogP contribution in [-0.4, -0.2) is 38.9 Å². The van der Waals surface area contributed by atoms with Gasteiger partial charge in [-0.15, -0.1) is 10.2 Å². The third-order valence-electron chi connectivity index (χ3n) is 11.5. The van der Waals surface area contributed by atoms with Crippen molar-refractivity contribution in [1.82, 2.24) is 38.9 Å². The van der Waals surface area contributed by atoms with E-state index in [1.807, 2.05) is 66.7 Å². The molecule has 0 N–H and O–H groups in total. The first-order valence-electron chi connectivity index (χ1n) is 20.3. The standard InChI is InChI=1S/C53H34N8/c1-5-19-35(20-6-1)49-54-50(36-21-7-2-8-22-36)56-53(55-49)61-44-32-16-14-28-40(44)48-42(30-18-34-46(48)61)52-58-57-51(60(52)38-25-11-4-12-26-38)41-29-17-33-45-47(41)39-27-13-15-31-43(39)59(45)37-23-9-3-10-24-37/h1-34H. The summed E-state index contributed by atoms with van der Waals surface area (Å²) in [6, 6.07) is 71.0. The molecule has 0 atom stereocenters. The van der Waals surface area contributed by atoms with Gasteiger partial charge in [-0.25, -0.2) is 4.98 Å². The number of fused-ring (bicyclic) bond motifs is 6. The van der Waals surface area contributed by atoms with Crippen LogP contribution in [0, 0.1) is 0 Å². The van der Waals surface area contributed by atoms with Crippen molar-refractivity contribution >= 4 is 43.6 Å². The van der Waals surface area contributed by atoms with Crippen molar-refractivity contribution in [1.29, 1.82) is 0 Å². The molecule has 0 aliphatic rings. The lowest BCUT2D eigenvalue weighted by Gasteiger charge is -2.13. The van der Waals surface area contributed by atoms with Crippen LogP contribution in [0.15, 0.2) is 206 Å². The van der Waals surface area contributed by atoms with Gasteiger partial charge in [-0.1, -0.05) is 158 Å². The fourth-order valence-corrected chi connectivity index (χ4v) is 8.83. The number of hydrogen-bond acceptors (Lipinski definition) is 5. The summed E-state index contributed by atoms with van der Waals surface area (Å²) >= 11 is 0. The van der Waals surface area contributed by atoms with Gasteiger partial charge in [0.25, 0.3) is 0 Å². The summed E-state index contributed by atoms with van der Waals surface area (Å²) in [4.78, 5) is 15.3. The number of hydrogen-bond donors (Lipinski definition) is 0. The summed E-state index contributed by atoms with van der Waals surface area (Å²) < 4.78 is 6.69. The maximum Gasteiger partial charge on any atom is 0.238 e. The van der Waals surface area contributed by atoms with Gasteiger partial charge in [0, 0.05) is 55.2 Å². The van der Waals surface area contributed by atoms with Gasteiger partial charge in [0.05, 0.1) is 22.1 Å². The highest BCUT2D eigenvalue weighted by molar-refractivity contribution is 6.17. The number of para-hydroxylation sites is 4. The summed E-state index contributed by atoms with van der Waals surface area (Å²) in [5.74, 6) is 3.21. The Kier molecular flexibility index (Phi) is 7.99. The lowest BCUT2D eigenvalue weighted by atomic mass is 10.0. The average molecular weight is 783 g/mol. The van der Waals surface area contributed by atoms with E-state index in [4.69, 9.17) is 25.1 Å². The second-order valence-electron chi connectivity index (χ2n) is 15.0. The van der Waals surface area contributed by atoms with E-state index in [2.05, 4.69) is 153 Å². The van der Waals surface area contributed by atoms with Gasteiger partial charge in [-0.3, -0.25) is 9.13 Å². The zero-order chi connectivity index (χ0) is 40.3. The Bertz CT molecular complexity index is 3510. The topological polar surface area (TPSA) is 79.2 Å². The Labute approximate surface area is 350 Å². The van der Waals surface area contributed by atoms with Crippen LogP contribution in [0.4, 0.5) is 0 Å². The highest BCUT2D eigenvalue weighted by Gasteiger charge is 2.26. The summed E-state index contributed by atoms with van der Waals surface area (Å²) in [7, 11) is 0. The molecule has 0 aliphatic heterocycles. The van der Waals surface area contributed by atoms with E-state index in [1.54, 1.807) is 0 Å². The minimum absolute atomic E-state index is 0.530. The summed E-state index contributed by atoms with van der Waals surface area (Å²) in [6.07, 6.45) is 0. The maximum absolute atomic E-state index is 5.17. The van der Waals surface area contributed by atoms with Gasteiger partial charge in [0.2, 0.25) is 5.95 Å². The predicted octanol–water partition coefficient (Wildman–Crippen LogP) is 12.3. The first-order chi connectivity index (χ1) is 30.3. The van der Waals surface area contributed by atoms with Crippen LogP contribution in [0.2, 0.25) is 0 Å². The lowest BCUT2D eigenvalue weighted by Crippen LogP contribution is -2.06. The Morgan fingerprint density at radius 3 is 1.20 bits per heavy atom. The van der Waals surface area contributed by atoms with Crippen LogP contribution in [0.3, 0.4) is 0 Å². The largest absolute Gasteiger partial charge is 0.309 e. The van der Waals surface area contributed by atoms with Crippen molar-refractivity contribution in [3.63, 3.8) is 0 Å². The molecular weight excluding hydrogens is 749 g/mol. The maximum atomic E-state index is 5.17. The van der Waals surface area contributed by atoms with E-state index in [9.17, 15) is 0 Å². The third kappa shape index (κ3) is 5.57. The highest BCUT2D eigenvalue weighted by Crippen LogP contribution is 2.42. The minimum atomic E-state index is 0.530. The van der Waals surface area contributed by atoms with Gasteiger partial charge in [0.1, 0.15) is 0 Å². The SMILES string of the molecule is c1ccc(-c2nc(-c3ccccc3)nc(-n3c4ccccc4c4c(-c5nnc(-c6cccc7c6c6ccccc6n7-c6ccccc6)n5-c5ccccc5)cccc43)n2)cc1. The van der Waals surface area contributed by atoms with Crippen LogP contribution in [0.5, 0.6) is 0 Å². The van der Waals surface area contributed by atoms with Crippen LogP contribution >= 0.6 is 0 Å². The molecule has 0 radical (unpaired) electrons. The van der Waals surface area contributed by atoms with Crippen molar-refractivity contribution in [3.8, 4) is 62.9 Å². The van der Waals surface area contributed by atoms with Gasteiger partial charge in [-0.05, 0) is 48.5 Å². The molecule has 8 aromatic carbocycles. The second-order valence-corrected chi connectivity index (χ2v) is 15.0. The first kappa shape index (κ1) is 34.5. The van der Waals surface area contributed by atoms with Gasteiger partial charge < -0.3 is 4.57 Å². The molecule has 61 heavy (non-hydrogen) atoms. The molecule has 0 fully saturated rings. The number of nitrogens with zero attached hydrogens (tertiary/aromatic N) is 8. The molecule has 286 valence electrons. The molecule has 0 spiro atoms. The zero-order valence-electron chi connectivity index (χ0n) is 32.7. The van der Waals surface area contributed by atoms with Crippen molar-refractivity contribution in [3.05, 3.63) is 206 Å². The van der Waals surface area contributed by atoms with Gasteiger partial charge >= 0.3 is 0 Å². The summed E-state index contributed by atoms with van der Waals surface area (Å²) in [5.41, 5.74) is 9.96. The van der Waals surface area contributed by atoms with E-state index in [-0.39, 0.29) is 0 Å². The molecular formula is C53H34N8. The Morgan fingerprint density at radius 2 is 0.689 bits per heavy atom. The Hall–Kier alpha value is -8.49. The van der Waals surface area contributed by atoms with Gasteiger partial charge in [-0.2, -0.15) is 9.97 Å². The van der Waals surface area contributed by atoms with Crippen LogP contribution < -0.4 is 0 Å². The van der Waals surface area contributed by atoms with Crippen LogP contribution in [0.1, 0.15) is 0 Å². The van der Waals surface area contributed by atoms with Crippen molar-refractivity contribution in [2.75, 3.05) is 0 Å². The first-order valence-corrected chi connectivity index (χ1v) is 20.3. The third-order valence-corrected chi connectivity index (χ3v) is 11.5. The quantitative estimate of drug-likeness (QED) is 0.161. The van der Waals surface area contributed by atoms with E-state index < -0.39 is 0 Å². The number of aromatic nitrogens is 8. The molecule has 0 saturated carbocycles. The molecule has 0 bridgehead atoms. The summed E-state index contributed by atoms with van der Waals surface area (Å²) in [6.45, 7) is 0. The van der Waals surface area contributed by atoms with Crippen LogP contribution in [-0.2, 0) is 0 Å². The molecule has 8 nitrogen and oxygen atoms in total. The normalized spacial score (nSPS) is 11.6. The van der Waals surface area contributed by atoms with E-state index in [0.717, 1.165) is 88.9 Å². The van der Waals surface area contributed by atoms with E-state index >= 15 is 0 Å². The average Bonchev–Trinajstić information content (AvgIpc) is 4.03. The lowest BCUT2D eigenvalue weighted by molar-refractivity contribution is 0.953.